The second-order valence-corrected chi connectivity index (χ2v) is 6.00. The normalized spacial score (nSPS) is 10.4. The number of imide groups is 1. The number of hydrogen-bond acceptors (Lipinski definition) is 6. The van der Waals surface area contributed by atoms with Crippen LogP contribution in [-0.4, -0.2) is 31.0 Å². The van der Waals surface area contributed by atoms with E-state index in [0.29, 0.717) is 34.2 Å². The van der Waals surface area contributed by atoms with Crippen LogP contribution in [0.25, 0.3) is 10.9 Å². The Morgan fingerprint density at radius 1 is 0.857 bits per heavy atom. The second-order valence-electron chi connectivity index (χ2n) is 6.00. The van der Waals surface area contributed by atoms with Gasteiger partial charge >= 0.3 is 0 Å². The molecule has 0 bridgehead atoms. The van der Waals surface area contributed by atoms with E-state index in [4.69, 9.17) is 14.2 Å². The molecule has 3 rings (SSSR count). The highest BCUT2D eigenvalue weighted by molar-refractivity contribution is 6.13. The van der Waals surface area contributed by atoms with Crippen LogP contribution in [0.3, 0.4) is 0 Å². The van der Waals surface area contributed by atoms with Crippen molar-refractivity contribution >= 4 is 28.4 Å². The molecule has 1 aromatic heterocycles. The predicted octanol–water partition coefficient (Wildman–Crippen LogP) is 3.94. The van der Waals surface area contributed by atoms with E-state index >= 15 is 0 Å². The minimum atomic E-state index is -0.345. The summed E-state index contributed by atoms with van der Waals surface area (Å²) in [7, 11) is 3.13. The van der Waals surface area contributed by atoms with E-state index < -0.39 is 0 Å². The fourth-order valence-electron chi connectivity index (χ4n) is 2.91. The van der Waals surface area contributed by atoms with Crippen LogP contribution >= 0.6 is 0 Å². The maximum absolute atomic E-state index is 11.7. The number of amides is 2. The Morgan fingerprint density at radius 2 is 1.46 bits per heavy atom. The Labute approximate surface area is 162 Å². The highest BCUT2D eigenvalue weighted by atomic mass is 16.5. The van der Waals surface area contributed by atoms with Crippen LogP contribution in [0.4, 0.5) is 5.69 Å². The van der Waals surface area contributed by atoms with Gasteiger partial charge in [-0.25, -0.2) is 0 Å². The number of nitrogens with zero attached hydrogens (tertiary/aromatic N) is 2. The molecule has 0 aliphatic rings. The van der Waals surface area contributed by atoms with E-state index in [9.17, 15) is 9.59 Å². The number of aromatic nitrogens is 1. The predicted molar refractivity (Wildman–Crippen MR) is 105 cm³/mol. The zero-order valence-corrected chi connectivity index (χ0v) is 16.1. The molecule has 3 aromatic rings. The van der Waals surface area contributed by atoms with Crippen molar-refractivity contribution in [2.45, 2.75) is 13.8 Å². The molecule has 0 atom stereocenters. The first-order valence-corrected chi connectivity index (χ1v) is 8.54. The van der Waals surface area contributed by atoms with Crippen molar-refractivity contribution in [2.24, 2.45) is 0 Å². The molecule has 0 aliphatic heterocycles. The Kier molecular flexibility index (Phi) is 5.44. The molecule has 28 heavy (non-hydrogen) atoms. The third-order valence-corrected chi connectivity index (χ3v) is 4.16. The van der Waals surface area contributed by atoms with E-state index in [2.05, 4.69) is 4.98 Å². The Bertz CT molecular complexity index is 1020. The molecular weight excluding hydrogens is 360 g/mol. The summed E-state index contributed by atoms with van der Waals surface area (Å²) in [6.07, 6.45) is 1.64. The first kappa shape index (κ1) is 19.2. The highest BCUT2D eigenvalue weighted by Crippen LogP contribution is 2.37. The van der Waals surface area contributed by atoms with Gasteiger partial charge in [-0.1, -0.05) is 0 Å². The third-order valence-electron chi connectivity index (χ3n) is 4.16. The monoisotopic (exact) mass is 380 g/mol. The summed E-state index contributed by atoms with van der Waals surface area (Å²) in [5, 5.41) is 0.762. The number of ether oxygens (including phenoxy) is 3. The van der Waals surface area contributed by atoms with Crippen molar-refractivity contribution in [1.29, 1.82) is 0 Å². The maximum atomic E-state index is 11.7. The minimum Gasteiger partial charge on any atom is -0.493 e. The highest BCUT2D eigenvalue weighted by Gasteiger charge is 2.16. The van der Waals surface area contributed by atoms with Crippen LogP contribution in [0.5, 0.6) is 23.0 Å². The van der Waals surface area contributed by atoms with Gasteiger partial charge in [0.25, 0.3) is 0 Å². The molecule has 0 fully saturated rings. The zero-order chi connectivity index (χ0) is 20.3. The van der Waals surface area contributed by atoms with Gasteiger partial charge in [-0.05, 0) is 36.4 Å². The van der Waals surface area contributed by atoms with Gasteiger partial charge in [0.1, 0.15) is 11.5 Å². The lowest BCUT2D eigenvalue weighted by molar-refractivity contribution is -0.124. The largest absolute Gasteiger partial charge is 0.493 e. The number of hydrogen-bond donors (Lipinski definition) is 0. The fraction of sp³-hybridized carbons (Fsp3) is 0.190. The van der Waals surface area contributed by atoms with Gasteiger partial charge in [0.05, 0.1) is 25.4 Å². The SMILES string of the molecule is COc1cc2nccc(Oc3ccc(N(C(C)=O)C(C)=O)cc3)c2cc1OC. The topological polar surface area (TPSA) is 78.0 Å². The molecule has 1 heterocycles. The van der Waals surface area contributed by atoms with Crippen molar-refractivity contribution in [3.8, 4) is 23.0 Å². The van der Waals surface area contributed by atoms with E-state index in [1.165, 1.54) is 13.8 Å². The first-order valence-electron chi connectivity index (χ1n) is 8.54. The maximum Gasteiger partial charge on any atom is 0.230 e. The van der Waals surface area contributed by atoms with Gasteiger partial charge in [-0.15, -0.1) is 0 Å². The number of carbonyl (C=O) groups excluding carboxylic acids is 2. The summed E-state index contributed by atoms with van der Waals surface area (Å²) in [4.78, 5) is 28.8. The summed E-state index contributed by atoms with van der Waals surface area (Å²) in [6, 6.07) is 12.0. The number of pyridine rings is 1. The molecule has 144 valence electrons. The lowest BCUT2D eigenvalue weighted by Gasteiger charge is -2.17. The zero-order valence-electron chi connectivity index (χ0n) is 16.1. The van der Waals surface area contributed by atoms with Crippen molar-refractivity contribution in [3.05, 3.63) is 48.7 Å². The third kappa shape index (κ3) is 3.73. The fourth-order valence-corrected chi connectivity index (χ4v) is 2.91. The number of carbonyl (C=O) groups is 2. The van der Waals surface area contributed by atoms with Gasteiger partial charge in [-0.3, -0.25) is 19.5 Å². The summed E-state index contributed by atoms with van der Waals surface area (Å²) >= 11 is 0. The average molecular weight is 380 g/mol. The van der Waals surface area contributed by atoms with E-state index in [-0.39, 0.29) is 11.8 Å². The van der Waals surface area contributed by atoms with E-state index in [1.54, 1.807) is 62.9 Å². The smallest absolute Gasteiger partial charge is 0.230 e. The van der Waals surface area contributed by atoms with Crippen LogP contribution in [0.2, 0.25) is 0 Å². The number of methoxy groups -OCH3 is 2. The lowest BCUT2D eigenvalue weighted by atomic mass is 10.2. The number of benzene rings is 2. The molecule has 0 N–H and O–H groups in total. The van der Waals surface area contributed by atoms with Gasteiger partial charge in [0.15, 0.2) is 11.5 Å². The Balaban J connectivity index is 1.94. The van der Waals surface area contributed by atoms with Gasteiger partial charge in [-0.2, -0.15) is 0 Å². The molecule has 0 saturated heterocycles. The molecule has 0 aliphatic carbocycles. The minimum absolute atomic E-state index is 0.345. The van der Waals surface area contributed by atoms with Crippen molar-refractivity contribution in [2.75, 3.05) is 19.1 Å². The summed E-state index contributed by atoms with van der Waals surface area (Å²) in [5.74, 6) is 1.61. The molecule has 0 saturated carbocycles. The van der Waals surface area contributed by atoms with Crippen LogP contribution in [0, 0.1) is 0 Å². The van der Waals surface area contributed by atoms with Crippen molar-refractivity contribution in [3.63, 3.8) is 0 Å². The quantitative estimate of drug-likeness (QED) is 0.667. The molecular formula is C21H20N2O5. The standard InChI is InChI=1S/C21H20N2O5/c1-13(24)23(14(2)25)15-5-7-16(8-6-15)28-19-9-10-22-18-12-21(27-4)20(26-3)11-17(18)19/h5-12H,1-4H3. The van der Waals surface area contributed by atoms with Crippen molar-refractivity contribution in [1.82, 2.24) is 4.98 Å². The molecule has 7 heteroatoms. The summed E-state index contributed by atoms with van der Waals surface area (Å²) < 4.78 is 16.7. The van der Waals surface area contributed by atoms with Crippen LogP contribution in [-0.2, 0) is 9.59 Å². The second kappa shape index (κ2) is 7.96. The van der Waals surface area contributed by atoms with Crippen molar-refractivity contribution < 1.29 is 23.8 Å². The molecule has 0 unspecified atom stereocenters. The number of rotatable bonds is 5. The van der Waals surface area contributed by atoms with Gasteiger partial charge in [0.2, 0.25) is 11.8 Å². The first-order chi connectivity index (χ1) is 13.4. The lowest BCUT2D eigenvalue weighted by Crippen LogP contribution is -2.32. The average Bonchev–Trinajstić information content (AvgIpc) is 2.68. The van der Waals surface area contributed by atoms with Crippen LogP contribution in [0.15, 0.2) is 48.7 Å². The Hall–Kier alpha value is -3.61. The van der Waals surface area contributed by atoms with Gasteiger partial charge < -0.3 is 14.2 Å². The molecule has 2 amide bonds. The van der Waals surface area contributed by atoms with Crippen LogP contribution in [0.1, 0.15) is 13.8 Å². The molecule has 2 aromatic carbocycles. The molecule has 7 nitrogen and oxygen atoms in total. The van der Waals surface area contributed by atoms with E-state index in [0.717, 1.165) is 10.3 Å². The summed E-state index contributed by atoms with van der Waals surface area (Å²) in [5.41, 5.74) is 1.18. The van der Waals surface area contributed by atoms with Gasteiger partial charge in [0, 0.05) is 31.5 Å². The van der Waals surface area contributed by atoms with E-state index in [1.807, 2.05) is 0 Å². The molecule has 0 radical (unpaired) electrons. The number of anilines is 1. The molecule has 0 spiro atoms. The Morgan fingerprint density at radius 3 is 2.04 bits per heavy atom. The summed E-state index contributed by atoms with van der Waals surface area (Å²) in [6.45, 7) is 2.69. The van der Waals surface area contributed by atoms with Crippen LogP contribution < -0.4 is 19.1 Å². The number of fused-ring (bicyclic) bond motifs is 1.